The first kappa shape index (κ1) is 10.3. The van der Waals surface area contributed by atoms with Crippen molar-refractivity contribution in [3.05, 3.63) is 34.4 Å². The Bertz CT molecular complexity index is 378. The van der Waals surface area contributed by atoms with Crippen molar-refractivity contribution in [2.24, 2.45) is 0 Å². The van der Waals surface area contributed by atoms with E-state index in [9.17, 15) is 0 Å². The number of terminal acetylenes is 2. The summed E-state index contributed by atoms with van der Waals surface area (Å²) in [4.78, 5) is 0. The van der Waals surface area contributed by atoms with Crippen LogP contribution in [0, 0.1) is 24.7 Å². The van der Waals surface area contributed by atoms with Crippen LogP contribution >= 0.6 is 0 Å². The molecule has 1 aromatic carbocycles. The van der Waals surface area contributed by atoms with Gasteiger partial charge in [0, 0.05) is 11.1 Å². The number of benzene rings is 1. The second-order valence-electron chi connectivity index (χ2n) is 2.72. The third-order valence-corrected chi connectivity index (χ3v) is 2.06. The summed E-state index contributed by atoms with van der Waals surface area (Å²) in [6.07, 6.45) is 10.5. The summed E-state index contributed by atoms with van der Waals surface area (Å²) in [6, 6.07) is 3.33. The molecule has 2 N–H and O–H groups in total. The van der Waals surface area contributed by atoms with E-state index in [1.54, 1.807) is 12.1 Å². The van der Waals surface area contributed by atoms with Crippen molar-refractivity contribution in [3.8, 4) is 24.7 Å². The minimum Gasteiger partial charge on any atom is -0.392 e. The summed E-state index contributed by atoms with van der Waals surface area (Å²) in [7, 11) is 0. The molecule has 0 spiro atoms. The molecule has 0 aliphatic heterocycles. The molecule has 1 rings (SSSR count). The second-order valence-corrected chi connectivity index (χ2v) is 2.72. The molecule has 70 valence electrons. The van der Waals surface area contributed by atoms with Crippen LogP contribution in [0.3, 0.4) is 0 Å². The molecule has 0 heterocycles. The average molecular weight is 186 g/mol. The van der Waals surface area contributed by atoms with Gasteiger partial charge in [0.2, 0.25) is 0 Å². The fraction of sp³-hybridized carbons (Fsp3) is 0.167. The predicted octanol–water partition coefficient (Wildman–Crippen LogP) is 0.634. The molecule has 2 nitrogen and oxygen atoms in total. The Balaban J connectivity index is 3.48. The zero-order valence-corrected chi connectivity index (χ0v) is 7.62. The van der Waals surface area contributed by atoms with Gasteiger partial charge >= 0.3 is 0 Å². The maximum Gasteiger partial charge on any atom is 0.0698 e. The van der Waals surface area contributed by atoms with Crippen molar-refractivity contribution in [3.63, 3.8) is 0 Å². The summed E-state index contributed by atoms with van der Waals surface area (Å²) in [6.45, 7) is -0.435. The van der Waals surface area contributed by atoms with Gasteiger partial charge in [0.1, 0.15) is 0 Å². The molecule has 0 aromatic heterocycles. The van der Waals surface area contributed by atoms with E-state index >= 15 is 0 Å². The SMILES string of the molecule is C#Cc1ccc(C#C)c(CO)c1CO. The highest BCUT2D eigenvalue weighted by Gasteiger charge is 2.09. The van der Waals surface area contributed by atoms with Gasteiger partial charge in [-0.15, -0.1) is 12.8 Å². The molecule has 14 heavy (non-hydrogen) atoms. The van der Waals surface area contributed by atoms with Crippen molar-refractivity contribution in [2.45, 2.75) is 13.2 Å². The summed E-state index contributed by atoms with van der Waals surface area (Å²) in [5.41, 5.74) is 2.20. The van der Waals surface area contributed by atoms with Crippen LogP contribution in [0.15, 0.2) is 12.1 Å². The van der Waals surface area contributed by atoms with E-state index < -0.39 is 0 Å². The van der Waals surface area contributed by atoms with Crippen LogP contribution in [-0.4, -0.2) is 10.2 Å². The van der Waals surface area contributed by atoms with Gasteiger partial charge < -0.3 is 10.2 Å². The number of rotatable bonds is 2. The zero-order valence-electron chi connectivity index (χ0n) is 7.62. The van der Waals surface area contributed by atoms with E-state index in [0.29, 0.717) is 22.3 Å². The fourth-order valence-electron chi connectivity index (χ4n) is 1.32. The first-order chi connectivity index (χ1) is 6.78. The minimum absolute atomic E-state index is 0.217. The van der Waals surface area contributed by atoms with E-state index in [1.807, 2.05) is 0 Å². The summed E-state index contributed by atoms with van der Waals surface area (Å²) in [5.74, 6) is 4.87. The van der Waals surface area contributed by atoms with Crippen molar-refractivity contribution in [2.75, 3.05) is 0 Å². The first-order valence-corrected chi connectivity index (χ1v) is 4.08. The van der Waals surface area contributed by atoms with E-state index in [4.69, 9.17) is 23.1 Å². The Kier molecular flexibility index (Phi) is 3.31. The molecule has 0 fully saturated rings. The van der Waals surface area contributed by atoms with Crippen molar-refractivity contribution < 1.29 is 10.2 Å². The molecule has 0 saturated carbocycles. The Hall–Kier alpha value is -1.74. The molecule has 0 aliphatic carbocycles. The molecule has 2 heteroatoms. The Morgan fingerprint density at radius 3 is 1.50 bits per heavy atom. The molecule has 1 aromatic rings. The number of aliphatic hydroxyl groups excluding tert-OH is 2. The summed E-state index contributed by atoms with van der Waals surface area (Å²) >= 11 is 0. The lowest BCUT2D eigenvalue weighted by Crippen LogP contribution is -2.01. The number of hydrogen-bond acceptors (Lipinski definition) is 2. The van der Waals surface area contributed by atoms with Crippen molar-refractivity contribution >= 4 is 0 Å². The molecule has 0 aliphatic rings. The molecule has 0 atom stereocenters. The standard InChI is InChI=1S/C12H10O2/c1-3-9-5-6-10(4-2)12(8-14)11(9)7-13/h1-2,5-6,13-14H,7-8H2. The van der Waals surface area contributed by atoms with Crippen molar-refractivity contribution in [1.29, 1.82) is 0 Å². The van der Waals surface area contributed by atoms with E-state index in [-0.39, 0.29) is 13.2 Å². The lowest BCUT2D eigenvalue weighted by Gasteiger charge is -2.09. The number of aliphatic hydroxyl groups is 2. The lowest BCUT2D eigenvalue weighted by atomic mass is 9.97. The normalized spacial score (nSPS) is 9.14. The van der Waals surface area contributed by atoms with Crippen LogP contribution in [0.4, 0.5) is 0 Å². The first-order valence-electron chi connectivity index (χ1n) is 4.08. The smallest absolute Gasteiger partial charge is 0.0698 e. The van der Waals surface area contributed by atoms with Crippen LogP contribution in [-0.2, 0) is 13.2 Å². The van der Waals surface area contributed by atoms with E-state index in [2.05, 4.69) is 11.8 Å². The van der Waals surface area contributed by atoms with Crippen molar-refractivity contribution in [1.82, 2.24) is 0 Å². The molecule has 0 bridgehead atoms. The van der Waals surface area contributed by atoms with Gasteiger partial charge in [0.15, 0.2) is 0 Å². The predicted molar refractivity (Wildman–Crippen MR) is 54.2 cm³/mol. The highest BCUT2D eigenvalue weighted by atomic mass is 16.3. The monoisotopic (exact) mass is 186 g/mol. The Labute approximate surface area is 83.2 Å². The average Bonchev–Trinajstić information content (AvgIpc) is 2.26. The maximum atomic E-state index is 9.11. The van der Waals surface area contributed by atoms with E-state index in [1.165, 1.54) is 0 Å². The Morgan fingerprint density at radius 1 is 0.929 bits per heavy atom. The third-order valence-electron chi connectivity index (χ3n) is 2.06. The van der Waals surface area contributed by atoms with Crippen LogP contribution in [0.25, 0.3) is 0 Å². The van der Waals surface area contributed by atoms with Gasteiger partial charge in [-0.25, -0.2) is 0 Å². The topological polar surface area (TPSA) is 40.5 Å². The highest BCUT2D eigenvalue weighted by Crippen LogP contribution is 2.18. The Morgan fingerprint density at radius 2 is 1.29 bits per heavy atom. The van der Waals surface area contributed by atoms with Gasteiger partial charge in [-0.2, -0.15) is 0 Å². The summed E-state index contributed by atoms with van der Waals surface area (Å²) < 4.78 is 0. The maximum absolute atomic E-state index is 9.11. The number of hydrogen-bond donors (Lipinski definition) is 2. The van der Waals surface area contributed by atoms with Gasteiger partial charge in [0.25, 0.3) is 0 Å². The summed E-state index contributed by atoms with van der Waals surface area (Å²) in [5, 5.41) is 18.2. The molecule has 0 amide bonds. The molecule has 0 radical (unpaired) electrons. The van der Waals surface area contributed by atoms with E-state index in [0.717, 1.165) is 0 Å². The lowest BCUT2D eigenvalue weighted by molar-refractivity contribution is 0.259. The van der Waals surface area contributed by atoms with Gasteiger partial charge in [-0.3, -0.25) is 0 Å². The largest absolute Gasteiger partial charge is 0.392 e. The second kappa shape index (κ2) is 4.48. The van der Waals surface area contributed by atoms with Gasteiger partial charge in [-0.1, -0.05) is 11.8 Å². The van der Waals surface area contributed by atoms with Crippen LogP contribution < -0.4 is 0 Å². The molecular formula is C12H10O2. The van der Waals surface area contributed by atoms with Gasteiger partial charge in [-0.05, 0) is 23.3 Å². The fourth-order valence-corrected chi connectivity index (χ4v) is 1.32. The van der Waals surface area contributed by atoms with Crippen LogP contribution in [0.1, 0.15) is 22.3 Å². The molecule has 0 unspecified atom stereocenters. The van der Waals surface area contributed by atoms with Gasteiger partial charge in [0.05, 0.1) is 13.2 Å². The third kappa shape index (κ3) is 1.63. The minimum atomic E-state index is -0.217. The van der Waals surface area contributed by atoms with Crippen LogP contribution in [0.5, 0.6) is 0 Å². The zero-order chi connectivity index (χ0) is 10.6. The molecule has 0 saturated heterocycles. The van der Waals surface area contributed by atoms with Crippen LogP contribution in [0.2, 0.25) is 0 Å². The quantitative estimate of drug-likeness (QED) is 0.665. The highest BCUT2D eigenvalue weighted by molar-refractivity contribution is 5.52. The molecular weight excluding hydrogens is 176 g/mol.